The van der Waals surface area contributed by atoms with E-state index in [1.807, 2.05) is 19.1 Å². The molecule has 0 amide bonds. The number of aryl methyl sites for hydroxylation is 1. The van der Waals surface area contributed by atoms with Crippen molar-refractivity contribution in [1.82, 2.24) is 4.57 Å². The lowest BCUT2D eigenvalue weighted by atomic mass is 10.0. The Bertz CT molecular complexity index is 572. The van der Waals surface area contributed by atoms with E-state index in [9.17, 15) is 9.18 Å². The van der Waals surface area contributed by atoms with E-state index in [-0.39, 0.29) is 11.4 Å². The van der Waals surface area contributed by atoms with Crippen LogP contribution < -0.4 is 5.56 Å². The summed E-state index contributed by atoms with van der Waals surface area (Å²) in [5.41, 5.74) is 1.88. The summed E-state index contributed by atoms with van der Waals surface area (Å²) >= 11 is 0. The zero-order valence-electron chi connectivity index (χ0n) is 11.8. The summed E-state index contributed by atoms with van der Waals surface area (Å²) in [5.74, 6) is -0.149. The first-order valence-electron chi connectivity index (χ1n) is 6.62. The van der Waals surface area contributed by atoms with E-state index in [1.54, 1.807) is 29.0 Å². The molecule has 0 radical (unpaired) electrons. The molecule has 108 valence electrons. The van der Waals surface area contributed by atoms with Crippen molar-refractivity contribution in [2.45, 2.75) is 26.3 Å². The zero-order chi connectivity index (χ0) is 15.0. The Labute approximate surface area is 121 Å². The first kappa shape index (κ1) is 16.6. The van der Waals surface area contributed by atoms with Crippen LogP contribution >= 0.6 is 9.24 Å². The Morgan fingerprint density at radius 3 is 2.85 bits per heavy atom. The molecule has 2 nitrogen and oxygen atoms in total. The van der Waals surface area contributed by atoms with E-state index in [2.05, 4.69) is 15.8 Å². The van der Waals surface area contributed by atoms with Crippen LogP contribution in [0.5, 0.6) is 0 Å². The van der Waals surface area contributed by atoms with Crippen molar-refractivity contribution < 1.29 is 4.39 Å². The SMILES string of the molecule is C=CCn1ccc(CCC(=C/C)/C=C(/F)CP)cc1=O. The van der Waals surface area contributed by atoms with Crippen LogP contribution in [0.15, 0.2) is 59.3 Å². The highest BCUT2D eigenvalue weighted by molar-refractivity contribution is 7.16. The highest BCUT2D eigenvalue weighted by Gasteiger charge is 2.01. The first-order chi connectivity index (χ1) is 9.60. The zero-order valence-corrected chi connectivity index (χ0v) is 13.0. The minimum absolute atomic E-state index is 0.0314. The maximum atomic E-state index is 13.2. The van der Waals surface area contributed by atoms with Crippen LogP contribution in [0, 0.1) is 0 Å². The van der Waals surface area contributed by atoms with E-state index in [0.717, 1.165) is 24.0 Å². The van der Waals surface area contributed by atoms with Crippen LogP contribution in [0.25, 0.3) is 0 Å². The molecule has 0 aliphatic rings. The van der Waals surface area contributed by atoms with Gasteiger partial charge in [-0.05, 0) is 43.0 Å². The minimum atomic E-state index is -0.149. The molecule has 20 heavy (non-hydrogen) atoms. The van der Waals surface area contributed by atoms with Gasteiger partial charge >= 0.3 is 0 Å². The average molecular weight is 293 g/mol. The molecule has 0 saturated heterocycles. The Morgan fingerprint density at radius 2 is 2.30 bits per heavy atom. The van der Waals surface area contributed by atoms with Gasteiger partial charge in [0.1, 0.15) is 5.83 Å². The summed E-state index contributed by atoms with van der Waals surface area (Å²) in [6.45, 7) is 6.02. The number of nitrogens with zero attached hydrogens (tertiary/aromatic N) is 1. The van der Waals surface area contributed by atoms with Gasteiger partial charge in [-0.3, -0.25) is 4.79 Å². The largest absolute Gasteiger partial charge is 0.312 e. The number of halogens is 1. The molecule has 0 saturated carbocycles. The molecule has 1 aromatic rings. The van der Waals surface area contributed by atoms with Crippen LogP contribution in [0.3, 0.4) is 0 Å². The van der Waals surface area contributed by atoms with Gasteiger partial charge in [0.2, 0.25) is 0 Å². The van der Waals surface area contributed by atoms with Crippen LogP contribution in [0.4, 0.5) is 4.39 Å². The molecule has 1 rings (SSSR count). The number of allylic oxidation sites excluding steroid dienone is 5. The number of pyridine rings is 1. The molecule has 0 spiro atoms. The van der Waals surface area contributed by atoms with Gasteiger partial charge in [-0.2, -0.15) is 0 Å². The lowest BCUT2D eigenvalue weighted by molar-refractivity contribution is 0.642. The van der Waals surface area contributed by atoms with Gasteiger partial charge < -0.3 is 4.57 Å². The van der Waals surface area contributed by atoms with Gasteiger partial charge in [-0.1, -0.05) is 12.2 Å². The van der Waals surface area contributed by atoms with Crippen molar-refractivity contribution in [2.75, 3.05) is 6.16 Å². The maximum absolute atomic E-state index is 13.2. The Balaban J connectivity index is 2.72. The van der Waals surface area contributed by atoms with Crippen molar-refractivity contribution in [3.05, 3.63) is 70.5 Å². The molecule has 0 aliphatic carbocycles. The molecule has 0 aliphatic heterocycles. The third-order valence-electron chi connectivity index (χ3n) is 3.00. The average Bonchev–Trinajstić information content (AvgIpc) is 2.45. The van der Waals surface area contributed by atoms with E-state index in [1.165, 1.54) is 0 Å². The summed E-state index contributed by atoms with van der Waals surface area (Å²) in [6, 6.07) is 3.56. The quantitative estimate of drug-likeness (QED) is 0.427. The van der Waals surface area contributed by atoms with E-state index in [0.29, 0.717) is 12.7 Å². The maximum Gasteiger partial charge on any atom is 0.251 e. The van der Waals surface area contributed by atoms with Crippen molar-refractivity contribution >= 4 is 9.24 Å². The van der Waals surface area contributed by atoms with Gasteiger partial charge in [0.25, 0.3) is 5.56 Å². The summed E-state index contributed by atoms with van der Waals surface area (Å²) in [6.07, 6.45) is 8.70. The molecule has 0 N–H and O–H groups in total. The van der Waals surface area contributed by atoms with Gasteiger partial charge in [-0.15, -0.1) is 15.8 Å². The van der Waals surface area contributed by atoms with Gasteiger partial charge in [0.15, 0.2) is 0 Å². The fraction of sp³-hybridized carbons (Fsp3) is 0.312. The fourth-order valence-electron chi connectivity index (χ4n) is 1.84. The topological polar surface area (TPSA) is 22.0 Å². The summed E-state index contributed by atoms with van der Waals surface area (Å²) < 4.78 is 14.8. The minimum Gasteiger partial charge on any atom is -0.312 e. The molecule has 0 aromatic carbocycles. The molecule has 0 bridgehead atoms. The van der Waals surface area contributed by atoms with E-state index >= 15 is 0 Å². The molecule has 1 aromatic heterocycles. The molecular weight excluding hydrogens is 272 g/mol. The number of aromatic nitrogens is 1. The Hall–Kier alpha value is -1.47. The predicted octanol–water partition coefficient (Wildman–Crippen LogP) is 3.64. The second kappa shape index (κ2) is 8.65. The molecule has 1 unspecified atom stereocenters. The number of hydrogen-bond acceptors (Lipinski definition) is 1. The van der Waals surface area contributed by atoms with Gasteiger partial charge in [0, 0.05) is 25.0 Å². The van der Waals surface area contributed by atoms with Crippen molar-refractivity contribution in [3.63, 3.8) is 0 Å². The highest BCUT2D eigenvalue weighted by Crippen LogP contribution is 2.13. The van der Waals surface area contributed by atoms with Gasteiger partial charge in [0.05, 0.1) is 0 Å². The van der Waals surface area contributed by atoms with Crippen molar-refractivity contribution in [2.24, 2.45) is 0 Å². The summed E-state index contributed by atoms with van der Waals surface area (Å²) in [4.78, 5) is 11.8. The van der Waals surface area contributed by atoms with Crippen molar-refractivity contribution in [3.8, 4) is 0 Å². The summed E-state index contributed by atoms with van der Waals surface area (Å²) in [5, 5.41) is 0. The highest BCUT2D eigenvalue weighted by atomic mass is 31.0. The fourth-order valence-corrected chi connectivity index (χ4v) is 1.96. The molecule has 1 atom stereocenters. The second-order valence-corrected chi connectivity index (χ2v) is 4.88. The number of rotatable bonds is 7. The smallest absolute Gasteiger partial charge is 0.251 e. The Kier molecular flexibility index (Phi) is 7.17. The van der Waals surface area contributed by atoms with Crippen LogP contribution in [0.1, 0.15) is 18.9 Å². The summed E-state index contributed by atoms with van der Waals surface area (Å²) in [7, 11) is 2.36. The third kappa shape index (κ3) is 5.26. The lowest BCUT2D eigenvalue weighted by Gasteiger charge is -2.06. The Morgan fingerprint density at radius 1 is 1.55 bits per heavy atom. The predicted molar refractivity (Wildman–Crippen MR) is 86.7 cm³/mol. The number of hydrogen-bond donors (Lipinski definition) is 0. The van der Waals surface area contributed by atoms with Crippen molar-refractivity contribution in [1.29, 1.82) is 0 Å². The molecule has 4 heteroatoms. The standard InChI is InChI=1S/C16H21FNOP/c1-3-8-18-9-7-14(11-16(18)19)6-5-13(4-2)10-15(17)12-20/h3-4,7,9-11H,1,5-6,8,12,20H2,2H3/b13-4-,15-10+. The molecule has 1 heterocycles. The monoisotopic (exact) mass is 293 g/mol. The first-order valence-corrected chi connectivity index (χ1v) is 7.44. The van der Waals surface area contributed by atoms with Crippen LogP contribution in [-0.4, -0.2) is 10.7 Å². The van der Waals surface area contributed by atoms with Crippen LogP contribution in [-0.2, 0) is 13.0 Å². The van der Waals surface area contributed by atoms with E-state index in [4.69, 9.17) is 0 Å². The van der Waals surface area contributed by atoms with Gasteiger partial charge in [-0.25, -0.2) is 4.39 Å². The van der Waals surface area contributed by atoms with E-state index < -0.39 is 0 Å². The third-order valence-corrected chi connectivity index (χ3v) is 3.39. The molecular formula is C16H21FNOP. The second-order valence-electron chi connectivity index (χ2n) is 4.47. The lowest BCUT2D eigenvalue weighted by Crippen LogP contribution is -2.18. The normalized spacial score (nSPS) is 12.6. The van der Waals surface area contributed by atoms with Crippen LogP contribution in [0.2, 0.25) is 0 Å². The molecule has 0 fully saturated rings.